The molecule has 4 unspecified atom stereocenters. The van der Waals surface area contributed by atoms with Crippen molar-refractivity contribution >= 4 is 41.5 Å². The van der Waals surface area contributed by atoms with Crippen molar-refractivity contribution in [3.05, 3.63) is 35.9 Å². The molecule has 0 saturated heterocycles. The van der Waals surface area contributed by atoms with Crippen LogP contribution in [0.25, 0.3) is 0 Å². The summed E-state index contributed by atoms with van der Waals surface area (Å²) in [6.07, 6.45) is -2.36. The minimum Gasteiger partial charge on any atom is -0.481 e. The molecule has 15 heteroatoms. The summed E-state index contributed by atoms with van der Waals surface area (Å²) in [5.74, 6) is -8.50. The first kappa shape index (κ1) is 30.5. The van der Waals surface area contributed by atoms with Crippen molar-refractivity contribution < 1.29 is 48.9 Å². The Morgan fingerprint density at radius 1 is 0.730 bits per heavy atom. The zero-order valence-corrected chi connectivity index (χ0v) is 19.6. The average molecular weight is 523 g/mol. The van der Waals surface area contributed by atoms with Crippen LogP contribution in [0.4, 0.5) is 0 Å². The summed E-state index contributed by atoms with van der Waals surface area (Å²) in [7, 11) is 0. The molecular formula is C22H29N5O10. The SMILES string of the molecule is NC(=O)CCC(N)C(=O)NC(Cc1ccccc1)C(=O)NC(CC(=O)O)C(=O)NC(CC(=O)O)C(=O)O. The van der Waals surface area contributed by atoms with E-state index < -0.39 is 78.5 Å². The zero-order chi connectivity index (χ0) is 28.1. The van der Waals surface area contributed by atoms with Crippen LogP contribution in [0.5, 0.6) is 0 Å². The van der Waals surface area contributed by atoms with Crippen LogP contribution < -0.4 is 27.4 Å². The molecule has 1 rings (SSSR count). The lowest BCUT2D eigenvalue weighted by Crippen LogP contribution is -2.58. The zero-order valence-electron chi connectivity index (χ0n) is 19.6. The maximum atomic E-state index is 13.0. The van der Waals surface area contributed by atoms with E-state index in [2.05, 4.69) is 10.6 Å². The Bertz CT molecular complexity index is 1020. The summed E-state index contributed by atoms with van der Waals surface area (Å²) < 4.78 is 0. The Morgan fingerprint density at radius 2 is 1.22 bits per heavy atom. The molecule has 0 radical (unpaired) electrons. The van der Waals surface area contributed by atoms with Gasteiger partial charge in [0.05, 0.1) is 18.9 Å². The number of nitrogens with two attached hydrogens (primary N) is 2. The number of benzene rings is 1. The number of carboxylic acids is 3. The van der Waals surface area contributed by atoms with Gasteiger partial charge in [-0.1, -0.05) is 30.3 Å². The van der Waals surface area contributed by atoms with E-state index in [4.69, 9.17) is 26.8 Å². The van der Waals surface area contributed by atoms with Gasteiger partial charge in [-0.05, 0) is 12.0 Å². The molecular weight excluding hydrogens is 494 g/mol. The number of hydrogen-bond acceptors (Lipinski definition) is 8. The topological polar surface area (TPSA) is 268 Å². The summed E-state index contributed by atoms with van der Waals surface area (Å²) >= 11 is 0. The number of primary amides is 1. The van der Waals surface area contributed by atoms with E-state index in [0.29, 0.717) is 5.56 Å². The number of carbonyl (C=O) groups is 7. The van der Waals surface area contributed by atoms with Crippen molar-refractivity contribution in [3.8, 4) is 0 Å². The monoisotopic (exact) mass is 523 g/mol. The number of carboxylic acid groups (broad SMARTS) is 3. The van der Waals surface area contributed by atoms with E-state index in [1.165, 1.54) is 0 Å². The van der Waals surface area contributed by atoms with Gasteiger partial charge in [0.15, 0.2) is 0 Å². The van der Waals surface area contributed by atoms with Crippen LogP contribution in [0.3, 0.4) is 0 Å². The van der Waals surface area contributed by atoms with E-state index in [1.54, 1.807) is 30.3 Å². The van der Waals surface area contributed by atoms with Crippen LogP contribution in [0.15, 0.2) is 30.3 Å². The van der Waals surface area contributed by atoms with Crippen molar-refractivity contribution in [2.24, 2.45) is 11.5 Å². The lowest BCUT2D eigenvalue weighted by Gasteiger charge is -2.24. The first-order valence-corrected chi connectivity index (χ1v) is 11.0. The van der Waals surface area contributed by atoms with E-state index in [0.717, 1.165) is 0 Å². The molecule has 0 fully saturated rings. The quantitative estimate of drug-likeness (QED) is 0.110. The molecule has 0 spiro atoms. The van der Waals surface area contributed by atoms with Gasteiger partial charge in [-0.25, -0.2) is 4.79 Å². The van der Waals surface area contributed by atoms with Crippen LogP contribution in [-0.4, -0.2) is 81.0 Å². The minimum absolute atomic E-state index is 0.0981. The Labute approximate surface area is 210 Å². The van der Waals surface area contributed by atoms with Crippen molar-refractivity contribution in [2.75, 3.05) is 0 Å². The third-order valence-corrected chi connectivity index (χ3v) is 4.96. The van der Waals surface area contributed by atoms with Crippen molar-refractivity contribution in [1.29, 1.82) is 0 Å². The largest absolute Gasteiger partial charge is 0.481 e. The molecule has 0 aliphatic heterocycles. The lowest BCUT2D eigenvalue weighted by molar-refractivity contribution is -0.148. The van der Waals surface area contributed by atoms with E-state index in [9.17, 15) is 33.6 Å². The number of hydrogen-bond donors (Lipinski definition) is 8. The van der Waals surface area contributed by atoms with Crippen LogP contribution in [-0.2, 0) is 40.0 Å². The third kappa shape index (κ3) is 11.6. The standard InChI is InChI=1S/C22H29N5O10/c23-12(6-7-16(24)28)19(33)25-13(8-11-4-2-1-3-5-11)20(34)26-14(9-17(29)30)21(35)27-15(22(36)37)10-18(31)32/h1-5,12-15H,6-10,23H2,(H2,24,28)(H,25,33)(H,26,34)(H,27,35)(H,29,30)(H,31,32)(H,36,37). The Balaban J connectivity index is 3.11. The van der Waals surface area contributed by atoms with Gasteiger partial charge in [0, 0.05) is 12.8 Å². The Hall–Kier alpha value is -4.53. The second kappa shape index (κ2) is 14.8. The highest BCUT2D eigenvalue weighted by Crippen LogP contribution is 2.06. The van der Waals surface area contributed by atoms with Gasteiger partial charge in [0.1, 0.15) is 18.1 Å². The normalized spacial score (nSPS) is 13.8. The molecule has 0 aliphatic rings. The Morgan fingerprint density at radius 3 is 1.73 bits per heavy atom. The summed E-state index contributed by atoms with van der Waals surface area (Å²) in [5, 5.41) is 33.6. The molecule has 1 aromatic rings. The van der Waals surface area contributed by atoms with E-state index >= 15 is 0 Å². The Kier molecular flexibility index (Phi) is 12.2. The van der Waals surface area contributed by atoms with Crippen LogP contribution >= 0.6 is 0 Å². The predicted molar refractivity (Wildman–Crippen MR) is 124 cm³/mol. The van der Waals surface area contributed by atoms with Gasteiger partial charge in [0.2, 0.25) is 23.6 Å². The van der Waals surface area contributed by atoms with Crippen LogP contribution in [0.2, 0.25) is 0 Å². The predicted octanol–water partition coefficient (Wildman–Crippen LogP) is -2.69. The molecule has 0 heterocycles. The van der Waals surface area contributed by atoms with Gasteiger partial charge < -0.3 is 42.7 Å². The second-order valence-electron chi connectivity index (χ2n) is 8.02. The summed E-state index contributed by atoms with van der Waals surface area (Å²) in [6.45, 7) is 0. The highest BCUT2D eigenvalue weighted by atomic mass is 16.4. The van der Waals surface area contributed by atoms with Gasteiger partial charge in [-0.15, -0.1) is 0 Å². The highest BCUT2D eigenvalue weighted by Gasteiger charge is 2.32. The number of nitrogens with one attached hydrogen (secondary N) is 3. The fourth-order valence-electron chi connectivity index (χ4n) is 3.07. The molecule has 202 valence electrons. The van der Waals surface area contributed by atoms with Crippen molar-refractivity contribution in [3.63, 3.8) is 0 Å². The highest BCUT2D eigenvalue weighted by molar-refractivity contribution is 5.96. The smallest absolute Gasteiger partial charge is 0.326 e. The number of rotatable bonds is 16. The summed E-state index contributed by atoms with van der Waals surface area (Å²) in [5.41, 5.74) is 11.4. The van der Waals surface area contributed by atoms with Crippen LogP contribution in [0, 0.1) is 0 Å². The number of carbonyl (C=O) groups excluding carboxylic acids is 4. The molecule has 0 aliphatic carbocycles. The fraction of sp³-hybridized carbons (Fsp3) is 0.409. The maximum Gasteiger partial charge on any atom is 0.326 e. The average Bonchev–Trinajstić information content (AvgIpc) is 2.80. The summed E-state index contributed by atoms with van der Waals surface area (Å²) in [6, 6.07) is 2.08. The maximum absolute atomic E-state index is 13.0. The van der Waals surface area contributed by atoms with E-state index in [1.807, 2.05) is 5.32 Å². The third-order valence-electron chi connectivity index (χ3n) is 4.96. The molecule has 1 aromatic carbocycles. The second-order valence-corrected chi connectivity index (χ2v) is 8.02. The molecule has 15 nitrogen and oxygen atoms in total. The molecule has 4 amide bonds. The lowest BCUT2D eigenvalue weighted by atomic mass is 10.0. The summed E-state index contributed by atoms with van der Waals surface area (Å²) in [4.78, 5) is 82.5. The van der Waals surface area contributed by atoms with Crippen molar-refractivity contribution in [1.82, 2.24) is 16.0 Å². The van der Waals surface area contributed by atoms with Crippen LogP contribution in [0.1, 0.15) is 31.2 Å². The number of amides is 4. The molecule has 0 saturated carbocycles. The first-order valence-electron chi connectivity index (χ1n) is 11.0. The first-order chi connectivity index (χ1) is 17.3. The van der Waals surface area contributed by atoms with Crippen molar-refractivity contribution in [2.45, 2.75) is 56.3 Å². The molecule has 37 heavy (non-hydrogen) atoms. The van der Waals surface area contributed by atoms with Gasteiger partial charge in [0.25, 0.3) is 0 Å². The van der Waals surface area contributed by atoms with Gasteiger partial charge >= 0.3 is 17.9 Å². The van der Waals surface area contributed by atoms with E-state index in [-0.39, 0.29) is 19.3 Å². The molecule has 4 atom stereocenters. The molecule has 10 N–H and O–H groups in total. The number of aliphatic carboxylic acids is 3. The molecule has 0 bridgehead atoms. The van der Waals surface area contributed by atoms with Gasteiger partial charge in [-0.2, -0.15) is 0 Å². The molecule has 0 aromatic heterocycles. The van der Waals surface area contributed by atoms with Gasteiger partial charge in [-0.3, -0.25) is 28.8 Å². The minimum atomic E-state index is -1.89. The fourth-order valence-corrected chi connectivity index (χ4v) is 3.07.